The Kier molecular flexibility index (Phi) is 4.39. The number of ketones is 1. The molecule has 0 spiro atoms. The van der Waals surface area contributed by atoms with Gasteiger partial charge in [-0.2, -0.15) is 0 Å². The van der Waals surface area contributed by atoms with Gasteiger partial charge in [0.2, 0.25) is 0 Å². The number of hydrogen-bond acceptors (Lipinski definition) is 2. The Labute approximate surface area is 105 Å². The van der Waals surface area contributed by atoms with E-state index in [9.17, 15) is 4.79 Å². The van der Waals surface area contributed by atoms with Crippen LogP contribution in [-0.4, -0.2) is 5.78 Å². The molecule has 0 aromatic heterocycles. The first-order valence-corrected chi connectivity index (χ1v) is 5.65. The Morgan fingerprint density at radius 1 is 1.38 bits per heavy atom. The summed E-state index contributed by atoms with van der Waals surface area (Å²) in [6.07, 6.45) is 1.09. The van der Waals surface area contributed by atoms with Crippen LogP contribution in [0.3, 0.4) is 0 Å². The van der Waals surface area contributed by atoms with E-state index in [1.807, 2.05) is 6.92 Å². The third kappa shape index (κ3) is 3.00. The van der Waals surface area contributed by atoms with Crippen molar-refractivity contribution in [2.45, 2.75) is 19.8 Å². The average Bonchev–Trinajstić information content (AvgIpc) is 2.24. The first-order valence-electron chi connectivity index (χ1n) is 4.90. The second kappa shape index (κ2) is 5.37. The van der Waals surface area contributed by atoms with Crippen LogP contribution in [0.2, 0.25) is 10.0 Å². The van der Waals surface area contributed by atoms with Gasteiger partial charge in [-0.25, -0.2) is 0 Å². The van der Waals surface area contributed by atoms with Crippen LogP contribution in [-0.2, 0) is 0 Å². The molecule has 0 amide bonds. The van der Waals surface area contributed by atoms with Crippen molar-refractivity contribution in [3.8, 4) is 0 Å². The van der Waals surface area contributed by atoms with Gasteiger partial charge in [-0.05, 0) is 18.6 Å². The molecule has 2 nitrogen and oxygen atoms in total. The first-order chi connectivity index (χ1) is 7.45. The highest BCUT2D eigenvalue weighted by Gasteiger charge is 2.11. The molecule has 1 aromatic rings. The zero-order valence-electron chi connectivity index (χ0n) is 9.02. The predicted octanol–water partition coefficient (Wildman–Crippen LogP) is 4.11. The van der Waals surface area contributed by atoms with Crippen LogP contribution in [0.4, 0.5) is 5.69 Å². The molecular formula is C12H13Cl2NO. The van der Waals surface area contributed by atoms with Gasteiger partial charge in [-0.15, -0.1) is 0 Å². The van der Waals surface area contributed by atoms with Crippen molar-refractivity contribution in [3.05, 3.63) is 39.9 Å². The lowest BCUT2D eigenvalue weighted by Crippen LogP contribution is -2.01. The van der Waals surface area contributed by atoms with Gasteiger partial charge in [0.25, 0.3) is 0 Å². The van der Waals surface area contributed by atoms with Crippen LogP contribution in [0.15, 0.2) is 24.3 Å². The van der Waals surface area contributed by atoms with Crippen molar-refractivity contribution in [1.29, 1.82) is 0 Å². The maximum Gasteiger partial charge on any atom is 0.166 e. The SMILES string of the molecule is C=C(CC)CC(=O)c1cc(Cl)c(N)c(Cl)c1. The van der Waals surface area contributed by atoms with Crippen molar-refractivity contribution in [2.75, 3.05) is 5.73 Å². The number of hydrogen-bond donors (Lipinski definition) is 1. The fourth-order valence-corrected chi connectivity index (χ4v) is 1.69. The monoisotopic (exact) mass is 257 g/mol. The quantitative estimate of drug-likeness (QED) is 0.501. The van der Waals surface area contributed by atoms with Crippen LogP contribution in [0.1, 0.15) is 30.1 Å². The highest BCUT2D eigenvalue weighted by Crippen LogP contribution is 2.29. The molecule has 86 valence electrons. The number of carbonyl (C=O) groups is 1. The van der Waals surface area contributed by atoms with E-state index >= 15 is 0 Å². The summed E-state index contributed by atoms with van der Waals surface area (Å²) in [5, 5.41) is 0.607. The Morgan fingerprint density at radius 2 is 1.88 bits per heavy atom. The summed E-state index contributed by atoms with van der Waals surface area (Å²) in [5.41, 5.74) is 7.24. The Hall–Kier alpha value is -0.990. The normalized spacial score (nSPS) is 10.2. The van der Waals surface area contributed by atoms with Crippen LogP contribution < -0.4 is 5.73 Å². The number of carbonyl (C=O) groups excluding carboxylic acids is 1. The van der Waals surface area contributed by atoms with E-state index in [2.05, 4.69) is 6.58 Å². The molecular weight excluding hydrogens is 245 g/mol. The molecule has 16 heavy (non-hydrogen) atoms. The minimum atomic E-state index is -0.0457. The Morgan fingerprint density at radius 3 is 2.31 bits per heavy atom. The van der Waals surface area contributed by atoms with Gasteiger partial charge >= 0.3 is 0 Å². The molecule has 0 unspecified atom stereocenters. The molecule has 0 fully saturated rings. The number of rotatable bonds is 4. The third-order valence-corrected chi connectivity index (χ3v) is 2.94. The van der Waals surface area contributed by atoms with Gasteiger partial charge in [0, 0.05) is 12.0 Å². The first kappa shape index (κ1) is 13.1. The number of nitrogens with two attached hydrogens (primary N) is 1. The molecule has 0 heterocycles. The maximum absolute atomic E-state index is 11.8. The average molecular weight is 258 g/mol. The number of allylic oxidation sites excluding steroid dienone is 1. The summed E-state index contributed by atoms with van der Waals surface area (Å²) in [6.45, 7) is 5.75. The minimum absolute atomic E-state index is 0.0457. The Bertz CT molecular complexity index is 418. The van der Waals surface area contributed by atoms with Crippen molar-refractivity contribution < 1.29 is 4.79 Å². The summed E-state index contributed by atoms with van der Waals surface area (Å²) in [4.78, 5) is 11.8. The Balaban J connectivity index is 2.97. The fourth-order valence-electron chi connectivity index (χ4n) is 1.20. The summed E-state index contributed by atoms with van der Waals surface area (Å²) < 4.78 is 0. The lowest BCUT2D eigenvalue weighted by Gasteiger charge is -2.06. The number of halogens is 2. The molecule has 0 saturated heterocycles. The van der Waals surface area contributed by atoms with Gasteiger partial charge in [-0.3, -0.25) is 4.79 Å². The molecule has 0 atom stereocenters. The summed E-state index contributed by atoms with van der Waals surface area (Å²) in [6, 6.07) is 3.07. The van der Waals surface area contributed by atoms with E-state index < -0.39 is 0 Å². The summed E-state index contributed by atoms with van der Waals surface area (Å²) in [7, 11) is 0. The van der Waals surface area contributed by atoms with E-state index in [1.54, 1.807) is 0 Å². The van der Waals surface area contributed by atoms with E-state index in [4.69, 9.17) is 28.9 Å². The highest BCUT2D eigenvalue weighted by atomic mass is 35.5. The lowest BCUT2D eigenvalue weighted by molar-refractivity contribution is 0.0992. The lowest BCUT2D eigenvalue weighted by atomic mass is 10.0. The predicted molar refractivity (Wildman–Crippen MR) is 69.3 cm³/mol. The molecule has 1 aromatic carbocycles. The van der Waals surface area contributed by atoms with E-state index in [1.165, 1.54) is 12.1 Å². The molecule has 0 bridgehead atoms. The zero-order chi connectivity index (χ0) is 12.3. The van der Waals surface area contributed by atoms with Gasteiger partial charge < -0.3 is 5.73 Å². The van der Waals surface area contributed by atoms with Crippen molar-refractivity contribution in [1.82, 2.24) is 0 Å². The molecule has 0 aliphatic carbocycles. The topological polar surface area (TPSA) is 43.1 Å². The molecule has 4 heteroatoms. The van der Waals surface area contributed by atoms with Crippen LogP contribution >= 0.6 is 23.2 Å². The molecule has 1 rings (SSSR count). The van der Waals surface area contributed by atoms with Crippen molar-refractivity contribution >= 4 is 34.7 Å². The highest BCUT2D eigenvalue weighted by molar-refractivity contribution is 6.39. The van der Waals surface area contributed by atoms with Crippen LogP contribution in [0.25, 0.3) is 0 Å². The molecule has 0 saturated carbocycles. The van der Waals surface area contributed by atoms with Crippen LogP contribution in [0.5, 0.6) is 0 Å². The summed E-state index contributed by atoms with van der Waals surface area (Å²) >= 11 is 11.7. The standard InChI is InChI=1S/C12H13Cl2NO/c1-3-7(2)4-11(16)8-5-9(13)12(15)10(14)6-8/h5-6H,2-4,15H2,1H3. The van der Waals surface area contributed by atoms with Gasteiger partial charge in [-0.1, -0.05) is 42.3 Å². The smallest absolute Gasteiger partial charge is 0.166 e. The fraction of sp³-hybridized carbons (Fsp3) is 0.250. The number of Topliss-reactive ketones (excluding diaryl/α,β-unsaturated/α-hetero) is 1. The number of benzene rings is 1. The minimum Gasteiger partial charge on any atom is -0.396 e. The number of nitrogen functional groups attached to an aromatic ring is 1. The van der Waals surface area contributed by atoms with Crippen molar-refractivity contribution in [2.24, 2.45) is 0 Å². The second-order valence-corrected chi connectivity index (χ2v) is 4.37. The molecule has 2 N–H and O–H groups in total. The molecule has 0 radical (unpaired) electrons. The van der Waals surface area contributed by atoms with Gasteiger partial charge in [0.1, 0.15) is 0 Å². The second-order valence-electron chi connectivity index (χ2n) is 3.56. The maximum atomic E-state index is 11.8. The number of anilines is 1. The molecule has 0 aliphatic rings. The largest absolute Gasteiger partial charge is 0.396 e. The van der Waals surface area contributed by atoms with E-state index in [0.29, 0.717) is 27.7 Å². The van der Waals surface area contributed by atoms with Crippen LogP contribution in [0, 0.1) is 0 Å². The van der Waals surface area contributed by atoms with E-state index in [-0.39, 0.29) is 5.78 Å². The zero-order valence-corrected chi connectivity index (χ0v) is 10.5. The summed E-state index contributed by atoms with van der Waals surface area (Å²) in [5.74, 6) is -0.0457. The molecule has 0 aliphatic heterocycles. The van der Waals surface area contributed by atoms with Crippen molar-refractivity contribution in [3.63, 3.8) is 0 Å². The van der Waals surface area contributed by atoms with Gasteiger partial charge in [0.05, 0.1) is 15.7 Å². The third-order valence-electron chi connectivity index (χ3n) is 2.31. The van der Waals surface area contributed by atoms with E-state index in [0.717, 1.165) is 12.0 Å². The van der Waals surface area contributed by atoms with Gasteiger partial charge in [0.15, 0.2) is 5.78 Å².